The molecule has 0 aliphatic rings. The van der Waals surface area contributed by atoms with Gasteiger partial charge in [0, 0.05) is 16.9 Å². The summed E-state index contributed by atoms with van der Waals surface area (Å²) in [5.74, 6) is 2.78. The Labute approximate surface area is 116 Å². The van der Waals surface area contributed by atoms with Gasteiger partial charge in [0.25, 0.3) is 0 Å². The molecular weight excluding hydrogens is 266 g/mol. The standard InChI is InChI=1S/C13H17NO2S2/c1-10(2)15-6-7-17-8-11-9-18-13(14-11)12-4-3-5-16-12/h3-5,9-10H,6-8H2,1-2H3. The summed E-state index contributed by atoms with van der Waals surface area (Å²) < 4.78 is 10.8. The van der Waals surface area contributed by atoms with E-state index in [2.05, 4.69) is 24.2 Å². The van der Waals surface area contributed by atoms with Gasteiger partial charge in [-0.3, -0.25) is 0 Å². The van der Waals surface area contributed by atoms with Gasteiger partial charge in [-0.2, -0.15) is 11.8 Å². The predicted octanol–water partition coefficient (Wildman–Crippen LogP) is 4.06. The first-order chi connectivity index (χ1) is 8.75. The molecule has 0 saturated carbocycles. The summed E-state index contributed by atoms with van der Waals surface area (Å²) in [6.45, 7) is 4.92. The maximum Gasteiger partial charge on any atom is 0.162 e. The first kappa shape index (κ1) is 13.6. The van der Waals surface area contributed by atoms with Gasteiger partial charge in [-0.05, 0) is 26.0 Å². The van der Waals surface area contributed by atoms with Crippen molar-refractivity contribution in [3.8, 4) is 10.8 Å². The van der Waals surface area contributed by atoms with Crippen molar-refractivity contribution < 1.29 is 9.15 Å². The van der Waals surface area contributed by atoms with Gasteiger partial charge in [-0.15, -0.1) is 11.3 Å². The zero-order chi connectivity index (χ0) is 12.8. The minimum Gasteiger partial charge on any atom is -0.462 e. The molecule has 0 fully saturated rings. The van der Waals surface area contributed by atoms with Crippen molar-refractivity contribution >= 4 is 23.1 Å². The van der Waals surface area contributed by atoms with Crippen molar-refractivity contribution in [3.63, 3.8) is 0 Å². The van der Waals surface area contributed by atoms with Crippen LogP contribution in [0.4, 0.5) is 0 Å². The Morgan fingerprint density at radius 2 is 2.39 bits per heavy atom. The number of aromatic nitrogens is 1. The van der Waals surface area contributed by atoms with Gasteiger partial charge < -0.3 is 9.15 Å². The topological polar surface area (TPSA) is 35.3 Å². The highest BCUT2D eigenvalue weighted by molar-refractivity contribution is 7.98. The summed E-state index contributed by atoms with van der Waals surface area (Å²) in [6.07, 6.45) is 1.99. The number of rotatable bonds is 7. The van der Waals surface area contributed by atoms with Gasteiger partial charge in [0.05, 0.1) is 24.7 Å². The van der Waals surface area contributed by atoms with E-state index in [0.717, 1.165) is 34.6 Å². The Hall–Kier alpha value is -0.780. The summed E-state index contributed by atoms with van der Waals surface area (Å²) in [5.41, 5.74) is 1.11. The lowest BCUT2D eigenvalue weighted by Gasteiger charge is -2.05. The summed E-state index contributed by atoms with van der Waals surface area (Å²) in [4.78, 5) is 4.55. The summed E-state index contributed by atoms with van der Waals surface area (Å²) in [6, 6.07) is 3.82. The average molecular weight is 283 g/mol. The molecule has 0 N–H and O–H groups in total. The van der Waals surface area contributed by atoms with E-state index in [-0.39, 0.29) is 0 Å². The molecule has 0 aliphatic carbocycles. The fourth-order valence-corrected chi connectivity index (χ4v) is 3.01. The van der Waals surface area contributed by atoms with Crippen LogP contribution in [-0.2, 0) is 10.5 Å². The number of thiazole rings is 1. The van der Waals surface area contributed by atoms with Crippen LogP contribution in [0.15, 0.2) is 28.2 Å². The van der Waals surface area contributed by atoms with Crippen molar-refractivity contribution in [2.75, 3.05) is 12.4 Å². The van der Waals surface area contributed by atoms with Crippen LogP contribution in [0.2, 0.25) is 0 Å². The molecule has 2 aromatic rings. The van der Waals surface area contributed by atoms with Gasteiger partial charge in [0.2, 0.25) is 0 Å². The van der Waals surface area contributed by atoms with E-state index in [4.69, 9.17) is 9.15 Å². The maximum absolute atomic E-state index is 5.49. The average Bonchev–Trinajstić information content (AvgIpc) is 2.98. The second kappa shape index (κ2) is 6.97. The zero-order valence-corrected chi connectivity index (χ0v) is 12.2. The lowest BCUT2D eigenvalue weighted by atomic mass is 10.5. The smallest absolute Gasteiger partial charge is 0.162 e. The monoisotopic (exact) mass is 283 g/mol. The molecule has 0 bridgehead atoms. The van der Waals surface area contributed by atoms with E-state index in [1.165, 1.54) is 0 Å². The molecule has 0 aliphatic heterocycles. The molecule has 0 unspecified atom stereocenters. The van der Waals surface area contributed by atoms with Gasteiger partial charge in [-0.1, -0.05) is 0 Å². The van der Waals surface area contributed by atoms with E-state index in [1.54, 1.807) is 17.6 Å². The largest absolute Gasteiger partial charge is 0.462 e. The molecule has 98 valence electrons. The first-order valence-corrected chi connectivity index (χ1v) is 7.97. The van der Waals surface area contributed by atoms with E-state index in [1.807, 2.05) is 23.9 Å². The molecular formula is C13H17NO2S2. The van der Waals surface area contributed by atoms with Crippen LogP contribution in [0.1, 0.15) is 19.5 Å². The molecule has 2 aromatic heterocycles. The van der Waals surface area contributed by atoms with Crippen molar-refractivity contribution in [2.45, 2.75) is 25.7 Å². The van der Waals surface area contributed by atoms with Gasteiger partial charge in [0.15, 0.2) is 10.8 Å². The molecule has 0 aromatic carbocycles. The Balaban J connectivity index is 1.74. The molecule has 2 heterocycles. The van der Waals surface area contributed by atoms with Crippen LogP contribution in [-0.4, -0.2) is 23.4 Å². The van der Waals surface area contributed by atoms with Gasteiger partial charge in [-0.25, -0.2) is 4.98 Å². The van der Waals surface area contributed by atoms with Crippen LogP contribution in [0.5, 0.6) is 0 Å². The second-order valence-corrected chi connectivity index (χ2v) is 6.06. The van der Waals surface area contributed by atoms with Crippen molar-refractivity contribution in [3.05, 3.63) is 29.5 Å². The quantitative estimate of drug-likeness (QED) is 0.718. The zero-order valence-electron chi connectivity index (χ0n) is 10.6. The normalized spacial score (nSPS) is 11.3. The number of thioether (sulfide) groups is 1. The molecule has 0 atom stereocenters. The van der Waals surface area contributed by atoms with E-state index in [9.17, 15) is 0 Å². The molecule has 0 radical (unpaired) electrons. The SMILES string of the molecule is CC(C)OCCSCc1csc(-c2ccco2)n1. The predicted molar refractivity (Wildman–Crippen MR) is 77.1 cm³/mol. The van der Waals surface area contributed by atoms with Gasteiger partial charge >= 0.3 is 0 Å². The van der Waals surface area contributed by atoms with Crippen LogP contribution < -0.4 is 0 Å². The minimum atomic E-state index is 0.315. The van der Waals surface area contributed by atoms with Crippen molar-refractivity contribution in [1.82, 2.24) is 4.98 Å². The van der Waals surface area contributed by atoms with Crippen molar-refractivity contribution in [1.29, 1.82) is 0 Å². The highest BCUT2D eigenvalue weighted by atomic mass is 32.2. The molecule has 0 saturated heterocycles. The number of nitrogens with zero attached hydrogens (tertiary/aromatic N) is 1. The summed E-state index contributed by atoms with van der Waals surface area (Å²) in [5, 5.41) is 3.04. The highest BCUT2D eigenvalue weighted by Crippen LogP contribution is 2.25. The van der Waals surface area contributed by atoms with Crippen LogP contribution >= 0.6 is 23.1 Å². The summed E-state index contributed by atoms with van der Waals surface area (Å²) >= 11 is 3.47. The second-order valence-electron chi connectivity index (χ2n) is 4.09. The molecule has 18 heavy (non-hydrogen) atoms. The fourth-order valence-electron chi connectivity index (χ4n) is 1.41. The third-order valence-electron chi connectivity index (χ3n) is 2.21. The Morgan fingerprint density at radius 1 is 1.50 bits per heavy atom. The lowest BCUT2D eigenvalue weighted by Crippen LogP contribution is -2.05. The Bertz CT molecular complexity index is 451. The molecule has 2 rings (SSSR count). The number of hydrogen-bond donors (Lipinski definition) is 0. The van der Waals surface area contributed by atoms with Crippen molar-refractivity contribution in [2.24, 2.45) is 0 Å². The lowest BCUT2D eigenvalue weighted by molar-refractivity contribution is 0.0920. The van der Waals surface area contributed by atoms with E-state index < -0.39 is 0 Å². The highest BCUT2D eigenvalue weighted by Gasteiger charge is 2.06. The minimum absolute atomic E-state index is 0.315. The number of ether oxygens (including phenoxy) is 1. The van der Waals surface area contributed by atoms with E-state index in [0.29, 0.717) is 6.10 Å². The van der Waals surface area contributed by atoms with Crippen LogP contribution in [0, 0.1) is 0 Å². The van der Waals surface area contributed by atoms with Gasteiger partial charge in [0.1, 0.15) is 0 Å². The first-order valence-electron chi connectivity index (χ1n) is 5.93. The number of hydrogen-bond acceptors (Lipinski definition) is 5. The Morgan fingerprint density at radius 3 is 3.11 bits per heavy atom. The molecule has 0 amide bonds. The Kier molecular flexibility index (Phi) is 5.28. The van der Waals surface area contributed by atoms with Crippen LogP contribution in [0.3, 0.4) is 0 Å². The maximum atomic E-state index is 5.49. The third kappa shape index (κ3) is 4.15. The fraction of sp³-hybridized carbons (Fsp3) is 0.462. The summed E-state index contributed by atoms with van der Waals surface area (Å²) in [7, 11) is 0. The molecule has 3 nitrogen and oxygen atoms in total. The molecule has 0 spiro atoms. The molecule has 5 heteroatoms. The third-order valence-corrected chi connectivity index (χ3v) is 4.07. The van der Waals surface area contributed by atoms with E-state index >= 15 is 0 Å². The van der Waals surface area contributed by atoms with Crippen LogP contribution in [0.25, 0.3) is 10.8 Å². The number of furan rings is 1.